The number of nitrogens with zero attached hydrogens (tertiary/aromatic N) is 1. The second kappa shape index (κ2) is 3.40. The monoisotopic (exact) mass is 251 g/mol. The van der Waals surface area contributed by atoms with Crippen molar-refractivity contribution in [3.63, 3.8) is 0 Å². The molecule has 0 aliphatic carbocycles. The minimum atomic E-state index is -3.45. The van der Waals surface area contributed by atoms with Gasteiger partial charge in [0.15, 0.2) is 5.75 Å². The molecule has 12 heavy (non-hydrogen) atoms. The summed E-state index contributed by atoms with van der Waals surface area (Å²) in [5.74, 6) is 0.209. The maximum atomic E-state index is 10.6. The molecule has 1 heterocycles. The summed E-state index contributed by atoms with van der Waals surface area (Å²) in [5.41, 5.74) is 0. The first kappa shape index (κ1) is 9.47. The lowest BCUT2D eigenvalue weighted by molar-refractivity contribution is 0.491. The fourth-order valence-electron chi connectivity index (χ4n) is 0.586. The molecule has 0 spiro atoms. The van der Waals surface area contributed by atoms with Gasteiger partial charge in [-0.2, -0.15) is 8.42 Å². The lowest BCUT2D eigenvalue weighted by Gasteiger charge is -2.00. The van der Waals surface area contributed by atoms with Crippen LogP contribution >= 0.6 is 15.9 Å². The third kappa shape index (κ3) is 3.19. The van der Waals surface area contributed by atoms with Gasteiger partial charge >= 0.3 is 10.1 Å². The van der Waals surface area contributed by atoms with Crippen LogP contribution in [-0.4, -0.2) is 19.7 Å². The standard InChI is InChI=1S/C6H6BrNO3S/c1-12(9,10)11-5-2-3-6(7)8-4-5/h2-4H,1H3. The fraction of sp³-hybridized carbons (Fsp3) is 0.167. The van der Waals surface area contributed by atoms with Crippen LogP contribution in [-0.2, 0) is 10.1 Å². The first-order valence-electron chi connectivity index (χ1n) is 2.98. The van der Waals surface area contributed by atoms with Crippen molar-refractivity contribution in [3.8, 4) is 5.75 Å². The average Bonchev–Trinajstić information content (AvgIpc) is 1.91. The maximum Gasteiger partial charge on any atom is 0.306 e. The summed E-state index contributed by atoms with van der Waals surface area (Å²) >= 11 is 3.11. The molecule has 0 radical (unpaired) electrons. The molecule has 0 amide bonds. The highest BCUT2D eigenvalue weighted by Gasteiger charge is 2.03. The molecule has 0 atom stereocenters. The van der Waals surface area contributed by atoms with Gasteiger partial charge in [-0.3, -0.25) is 0 Å². The molecule has 0 fully saturated rings. The van der Waals surface area contributed by atoms with E-state index >= 15 is 0 Å². The number of pyridine rings is 1. The van der Waals surface area contributed by atoms with E-state index in [-0.39, 0.29) is 5.75 Å². The summed E-state index contributed by atoms with van der Waals surface area (Å²) in [6, 6.07) is 3.11. The van der Waals surface area contributed by atoms with Gasteiger partial charge in [0.25, 0.3) is 0 Å². The molecule has 0 aliphatic heterocycles. The Morgan fingerprint density at radius 2 is 2.17 bits per heavy atom. The van der Waals surface area contributed by atoms with Crippen molar-refractivity contribution < 1.29 is 12.6 Å². The first-order chi connectivity index (χ1) is 5.47. The average molecular weight is 252 g/mol. The molecule has 0 aliphatic rings. The molecule has 1 rings (SSSR count). The summed E-state index contributed by atoms with van der Waals surface area (Å²) in [6.07, 6.45) is 2.31. The van der Waals surface area contributed by atoms with Gasteiger partial charge in [0.2, 0.25) is 0 Å². The first-order valence-corrected chi connectivity index (χ1v) is 5.59. The number of rotatable bonds is 2. The van der Waals surface area contributed by atoms with Crippen molar-refractivity contribution >= 4 is 26.0 Å². The van der Waals surface area contributed by atoms with E-state index in [1.807, 2.05) is 0 Å². The zero-order valence-corrected chi connectivity index (χ0v) is 8.59. The summed E-state index contributed by atoms with van der Waals surface area (Å²) in [6.45, 7) is 0. The minimum Gasteiger partial charge on any atom is -0.381 e. The second-order valence-electron chi connectivity index (χ2n) is 2.10. The Hall–Kier alpha value is -0.620. The van der Waals surface area contributed by atoms with Crippen molar-refractivity contribution in [2.75, 3.05) is 6.26 Å². The maximum absolute atomic E-state index is 10.6. The van der Waals surface area contributed by atoms with Crippen LogP contribution < -0.4 is 4.18 Å². The van der Waals surface area contributed by atoms with Gasteiger partial charge < -0.3 is 4.18 Å². The largest absolute Gasteiger partial charge is 0.381 e. The van der Waals surface area contributed by atoms with E-state index in [9.17, 15) is 8.42 Å². The highest BCUT2D eigenvalue weighted by atomic mass is 79.9. The van der Waals surface area contributed by atoms with E-state index in [4.69, 9.17) is 0 Å². The van der Waals surface area contributed by atoms with Crippen LogP contribution in [0.2, 0.25) is 0 Å². The van der Waals surface area contributed by atoms with E-state index in [1.54, 1.807) is 6.07 Å². The van der Waals surface area contributed by atoms with E-state index in [0.29, 0.717) is 4.60 Å². The van der Waals surface area contributed by atoms with Gasteiger partial charge in [-0.25, -0.2) is 4.98 Å². The number of hydrogen-bond acceptors (Lipinski definition) is 4. The van der Waals surface area contributed by atoms with Crippen LogP contribution in [0.25, 0.3) is 0 Å². The molecule has 0 saturated heterocycles. The van der Waals surface area contributed by atoms with Crippen LogP contribution in [0.4, 0.5) is 0 Å². The van der Waals surface area contributed by atoms with E-state index in [1.165, 1.54) is 12.3 Å². The Balaban J connectivity index is 2.85. The van der Waals surface area contributed by atoms with E-state index in [2.05, 4.69) is 25.1 Å². The van der Waals surface area contributed by atoms with Crippen molar-refractivity contribution in [2.45, 2.75) is 0 Å². The van der Waals surface area contributed by atoms with Gasteiger partial charge in [0.1, 0.15) is 4.60 Å². The highest BCUT2D eigenvalue weighted by Crippen LogP contribution is 2.13. The quantitative estimate of drug-likeness (QED) is 0.585. The fourth-order valence-corrected chi connectivity index (χ4v) is 1.27. The van der Waals surface area contributed by atoms with E-state index in [0.717, 1.165) is 6.26 Å². The molecule has 6 heteroatoms. The summed E-state index contributed by atoms with van der Waals surface area (Å²) in [5, 5.41) is 0. The molecule has 0 aromatic carbocycles. The number of halogens is 1. The molecular weight excluding hydrogens is 246 g/mol. The molecule has 66 valence electrons. The summed E-state index contributed by atoms with van der Waals surface area (Å²) in [4.78, 5) is 3.79. The summed E-state index contributed by atoms with van der Waals surface area (Å²) in [7, 11) is -3.45. The van der Waals surface area contributed by atoms with Crippen LogP contribution in [0, 0.1) is 0 Å². The normalized spacial score (nSPS) is 11.2. The molecule has 0 saturated carbocycles. The third-order valence-electron chi connectivity index (χ3n) is 0.948. The van der Waals surface area contributed by atoms with Crippen LogP contribution in [0.3, 0.4) is 0 Å². The SMILES string of the molecule is CS(=O)(=O)Oc1ccc(Br)nc1. The van der Waals surface area contributed by atoms with Crippen molar-refractivity contribution in [2.24, 2.45) is 0 Å². The molecule has 0 unspecified atom stereocenters. The van der Waals surface area contributed by atoms with E-state index < -0.39 is 10.1 Å². The Labute approximate surface area is 78.8 Å². The van der Waals surface area contributed by atoms with Gasteiger partial charge in [0, 0.05) is 0 Å². The Bertz CT molecular complexity index is 359. The predicted octanol–water partition coefficient (Wildman–Crippen LogP) is 1.18. The number of hydrogen-bond donors (Lipinski definition) is 0. The predicted molar refractivity (Wildman–Crippen MR) is 47.4 cm³/mol. The summed E-state index contributed by atoms with van der Waals surface area (Å²) < 4.78 is 26.4. The number of aromatic nitrogens is 1. The van der Waals surface area contributed by atoms with Gasteiger partial charge in [-0.05, 0) is 28.1 Å². The van der Waals surface area contributed by atoms with Crippen LogP contribution in [0.1, 0.15) is 0 Å². The molecule has 0 N–H and O–H groups in total. The second-order valence-corrected chi connectivity index (χ2v) is 4.49. The lowest BCUT2D eigenvalue weighted by Crippen LogP contribution is -2.05. The van der Waals surface area contributed by atoms with Gasteiger partial charge in [0.05, 0.1) is 12.5 Å². The van der Waals surface area contributed by atoms with Crippen molar-refractivity contribution in [1.82, 2.24) is 4.98 Å². The Morgan fingerprint density at radius 3 is 2.58 bits per heavy atom. The topological polar surface area (TPSA) is 56.3 Å². The Morgan fingerprint density at radius 1 is 1.50 bits per heavy atom. The zero-order chi connectivity index (χ0) is 9.19. The molecule has 1 aromatic heterocycles. The highest BCUT2D eigenvalue weighted by molar-refractivity contribution is 9.10. The van der Waals surface area contributed by atoms with Crippen LogP contribution in [0.5, 0.6) is 5.75 Å². The lowest BCUT2D eigenvalue weighted by atomic mass is 10.5. The zero-order valence-electron chi connectivity index (χ0n) is 6.19. The third-order valence-corrected chi connectivity index (χ3v) is 1.91. The van der Waals surface area contributed by atoms with Crippen molar-refractivity contribution in [3.05, 3.63) is 22.9 Å². The van der Waals surface area contributed by atoms with Gasteiger partial charge in [-0.1, -0.05) is 0 Å². The smallest absolute Gasteiger partial charge is 0.306 e. The molecule has 1 aromatic rings. The molecular formula is C6H6BrNO3S. The van der Waals surface area contributed by atoms with Gasteiger partial charge in [-0.15, -0.1) is 0 Å². The molecule has 4 nitrogen and oxygen atoms in total. The minimum absolute atomic E-state index is 0.209. The molecule has 0 bridgehead atoms. The Kier molecular flexibility index (Phi) is 2.69. The van der Waals surface area contributed by atoms with Crippen molar-refractivity contribution in [1.29, 1.82) is 0 Å². The van der Waals surface area contributed by atoms with Crippen LogP contribution in [0.15, 0.2) is 22.9 Å².